The number of fused-ring (bicyclic) bond motifs is 2. The molecule has 10 nitrogen and oxygen atoms in total. The zero-order valence-electron chi connectivity index (χ0n) is 17.6. The molecule has 1 fully saturated rings. The number of rotatable bonds is 6. The van der Waals surface area contributed by atoms with E-state index in [0.29, 0.717) is 37.0 Å². The van der Waals surface area contributed by atoms with Crippen LogP contribution in [0.5, 0.6) is 5.75 Å². The first-order valence-corrected chi connectivity index (χ1v) is 10.5. The van der Waals surface area contributed by atoms with E-state index >= 15 is 0 Å². The Labute approximate surface area is 184 Å². The van der Waals surface area contributed by atoms with E-state index in [-0.39, 0.29) is 29.9 Å². The Hall–Kier alpha value is -3.79. The number of benzene rings is 1. The largest absolute Gasteiger partial charge is 0.488 e. The monoisotopic (exact) mass is 433 g/mol. The third kappa shape index (κ3) is 3.80. The van der Waals surface area contributed by atoms with Crippen molar-refractivity contribution in [3.63, 3.8) is 0 Å². The molecule has 0 spiro atoms. The van der Waals surface area contributed by atoms with Gasteiger partial charge in [0.05, 0.1) is 12.5 Å². The highest BCUT2D eigenvalue weighted by molar-refractivity contribution is 5.88. The molecule has 3 N–H and O–H groups in total. The van der Waals surface area contributed by atoms with Gasteiger partial charge in [0, 0.05) is 17.6 Å². The first-order valence-electron chi connectivity index (χ1n) is 10.5. The molecule has 10 heteroatoms. The van der Waals surface area contributed by atoms with Gasteiger partial charge in [-0.05, 0) is 25.0 Å². The summed E-state index contributed by atoms with van der Waals surface area (Å²) in [5, 5.41) is 4.23. The number of ketones is 1. The van der Waals surface area contributed by atoms with Gasteiger partial charge in [-0.15, -0.1) is 0 Å². The number of Topliss-reactive ketones (excluding diaryl/α,β-unsaturated/α-hetero) is 1. The highest BCUT2D eigenvalue weighted by Crippen LogP contribution is 2.32. The van der Waals surface area contributed by atoms with Gasteiger partial charge >= 0.3 is 0 Å². The van der Waals surface area contributed by atoms with Crippen molar-refractivity contribution in [1.82, 2.24) is 19.5 Å². The number of ether oxygens (including phenoxy) is 2. The third-order valence-corrected chi connectivity index (χ3v) is 5.51. The fraction of sp³-hybridized carbons (Fsp3) is 0.318. The van der Waals surface area contributed by atoms with Crippen molar-refractivity contribution in [3.8, 4) is 5.75 Å². The molecular formula is C22H23N7O3. The molecule has 32 heavy (non-hydrogen) atoms. The Morgan fingerprint density at radius 3 is 3.09 bits per heavy atom. The lowest BCUT2D eigenvalue weighted by Crippen LogP contribution is -2.20. The number of hydrogen-bond donors (Lipinski definition) is 2. The summed E-state index contributed by atoms with van der Waals surface area (Å²) in [4.78, 5) is 25.1. The van der Waals surface area contributed by atoms with Gasteiger partial charge in [0.25, 0.3) is 0 Å². The number of carbonyl (C=O) groups is 1. The maximum Gasteiger partial charge on any atom is 0.247 e. The summed E-state index contributed by atoms with van der Waals surface area (Å²) in [6.45, 7) is 2.26. The van der Waals surface area contributed by atoms with Crippen LogP contribution >= 0.6 is 0 Å². The van der Waals surface area contributed by atoms with E-state index in [9.17, 15) is 4.79 Å². The smallest absolute Gasteiger partial charge is 0.247 e. The Morgan fingerprint density at radius 1 is 1.34 bits per heavy atom. The zero-order valence-corrected chi connectivity index (χ0v) is 17.6. The maximum atomic E-state index is 12.0. The minimum absolute atomic E-state index is 0.103. The molecule has 164 valence electrons. The quantitative estimate of drug-likeness (QED) is 0.448. The summed E-state index contributed by atoms with van der Waals surface area (Å²) in [5.41, 5.74) is 11.8. The predicted molar refractivity (Wildman–Crippen MR) is 120 cm³/mol. The van der Waals surface area contributed by atoms with Crippen molar-refractivity contribution in [2.45, 2.75) is 38.5 Å². The fourth-order valence-electron chi connectivity index (χ4n) is 3.87. The topological polar surface area (TPSA) is 130 Å². The number of anilines is 2. The second-order valence-electron chi connectivity index (χ2n) is 7.65. The summed E-state index contributed by atoms with van der Waals surface area (Å²) in [6.07, 6.45) is 6.41. The van der Waals surface area contributed by atoms with Crippen LogP contribution in [-0.2, 0) is 9.53 Å². The molecule has 4 heterocycles. The number of para-hydroxylation sites is 1. The van der Waals surface area contributed by atoms with Gasteiger partial charge in [-0.1, -0.05) is 25.1 Å². The highest BCUT2D eigenvalue weighted by Gasteiger charge is 2.32. The summed E-state index contributed by atoms with van der Waals surface area (Å²) < 4.78 is 13.5. The van der Waals surface area contributed by atoms with E-state index in [4.69, 9.17) is 15.2 Å². The van der Waals surface area contributed by atoms with E-state index in [1.807, 2.05) is 37.3 Å². The second-order valence-corrected chi connectivity index (χ2v) is 7.65. The molecule has 2 aromatic heterocycles. The molecule has 0 saturated carbocycles. The fourth-order valence-corrected chi connectivity index (χ4v) is 3.87. The van der Waals surface area contributed by atoms with Crippen LogP contribution in [0.3, 0.4) is 0 Å². The highest BCUT2D eigenvalue weighted by atomic mass is 16.5. The number of nitrogens with zero attached hydrogens (tertiary/aromatic N) is 5. The molecule has 1 aromatic carbocycles. The molecule has 3 aromatic rings. The van der Waals surface area contributed by atoms with E-state index in [1.165, 1.54) is 0 Å². The molecule has 0 bridgehead atoms. The van der Waals surface area contributed by atoms with Gasteiger partial charge in [0.2, 0.25) is 5.95 Å². The minimum atomic E-state index is -0.389. The first kappa shape index (κ1) is 20.1. The number of imidazole rings is 1. The van der Waals surface area contributed by atoms with Crippen LogP contribution in [0.25, 0.3) is 17.2 Å². The number of hydrazone groups is 1. The molecule has 0 unspecified atom stereocenters. The number of nitrogens with two attached hydrogens (primary N) is 1. The predicted octanol–water partition coefficient (Wildman–Crippen LogP) is 2.94. The minimum Gasteiger partial charge on any atom is -0.488 e. The van der Waals surface area contributed by atoms with Crippen molar-refractivity contribution in [2.24, 2.45) is 5.10 Å². The summed E-state index contributed by atoms with van der Waals surface area (Å²) in [6, 6.07) is 7.81. The van der Waals surface area contributed by atoms with Crippen molar-refractivity contribution in [3.05, 3.63) is 41.7 Å². The molecule has 2 aliphatic heterocycles. The average Bonchev–Trinajstić information content (AvgIpc) is 3.46. The van der Waals surface area contributed by atoms with E-state index in [2.05, 4.69) is 25.5 Å². The standard InChI is InChI=1S/C22H23N7O3/c1-2-15(30)17-7-8-18(32-17)29-12-24-19-20(23)26-22(27-21(19)29)28-25-10-13-9-14-5-3-4-6-16(14)31-11-13/h3-6,9-10,12,17-18H,2,7-8,11H2,1H3,(H3,23,26,27,28)/b25-10+/t17-,18+/m0/s1. The van der Waals surface area contributed by atoms with Crippen LogP contribution in [0.4, 0.5) is 11.8 Å². The Kier molecular flexibility index (Phi) is 5.28. The summed E-state index contributed by atoms with van der Waals surface area (Å²) in [7, 11) is 0. The number of nitrogens with one attached hydrogen (secondary N) is 1. The van der Waals surface area contributed by atoms with E-state index < -0.39 is 0 Å². The number of hydrogen-bond acceptors (Lipinski definition) is 9. The molecule has 0 amide bonds. The molecule has 2 aliphatic rings. The lowest BCUT2D eigenvalue weighted by molar-refractivity contribution is -0.131. The van der Waals surface area contributed by atoms with Crippen molar-refractivity contribution in [1.29, 1.82) is 0 Å². The van der Waals surface area contributed by atoms with E-state index in [0.717, 1.165) is 16.9 Å². The molecule has 2 atom stereocenters. The summed E-state index contributed by atoms with van der Waals surface area (Å²) in [5.74, 6) is 1.43. The zero-order chi connectivity index (χ0) is 22.1. The van der Waals surface area contributed by atoms with Gasteiger partial charge < -0.3 is 15.2 Å². The van der Waals surface area contributed by atoms with Gasteiger partial charge in [-0.3, -0.25) is 9.36 Å². The Balaban J connectivity index is 1.34. The second kappa shape index (κ2) is 8.39. The third-order valence-electron chi connectivity index (χ3n) is 5.51. The van der Waals surface area contributed by atoms with Crippen LogP contribution in [0.2, 0.25) is 0 Å². The van der Waals surface area contributed by atoms with Crippen LogP contribution in [0.1, 0.15) is 38.0 Å². The van der Waals surface area contributed by atoms with Gasteiger partial charge in [0.1, 0.15) is 30.2 Å². The van der Waals surface area contributed by atoms with Crippen LogP contribution in [0.15, 0.2) is 41.3 Å². The van der Waals surface area contributed by atoms with Gasteiger partial charge in [-0.2, -0.15) is 15.1 Å². The molecule has 1 saturated heterocycles. The number of nitrogen functional groups attached to an aromatic ring is 1. The molecule has 0 radical (unpaired) electrons. The molecule has 0 aliphatic carbocycles. The Morgan fingerprint density at radius 2 is 2.22 bits per heavy atom. The number of carbonyl (C=O) groups excluding carboxylic acids is 1. The van der Waals surface area contributed by atoms with E-state index in [1.54, 1.807) is 17.1 Å². The first-order chi connectivity index (χ1) is 15.6. The average molecular weight is 433 g/mol. The van der Waals surface area contributed by atoms with Gasteiger partial charge in [0.15, 0.2) is 17.2 Å². The van der Waals surface area contributed by atoms with Crippen LogP contribution in [0, 0.1) is 0 Å². The van der Waals surface area contributed by atoms with Crippen molar-refractivity contribution in [2.75, 3.05) is 17.8 Å². The maximum absolute atomic E-state index is 12.0. The lowest BCUT2D eigenvalue weighted by atomic mass is 10.1. The summed E-state index contributed by atoms with van der Waals surface area (Å²) >= 11 is 0. The molecule has 5 rings (SSSR count). The van der Waals surface area contributed by atoms with Crippen molar-refractivity contribution < 1.29 is 14.3 Å². The number of aromatic nitrogens is 4. The van der Waals surface area contributed by atoms with Crippen molar-refractivity contribution >= 4 is 41.0 Å². The Bertz CT molecular complexity index is 1230. The van der Waals surface area contributed by atoms with Crippen LogP contribution < -0.4 is 15.9 Å². The van der Waals surface area contributed by atoms with Gasteiger partial charge in [-0.25, -0.2) is 10.4 Å². The SMILES string of the molecule is CCC(=O)[C@@H]1CC[C@H](n2cnc3c(N)nc(N/N=C/C4=Cc5ccccc5OC4)nc32)O1. The van der Waals surface area contributed by atoms with Crippen LogP contribution in [-0.4, -0.2) is 44.2 Å². The normalized spacial score (nSPS) is 20.2. The molecular weight excluding hydrogens is 410 g/mol. The lowest BCUT2D eigenvalue weighted by Gasteiger charge is -2.15.